The summed E-state index contributed by atoms with van der Waals surface area (Å²) in [7, 11) is 1.60. The topological polar surface area (TPSA) is 98.6 Å². The first-order valence-electron chi connectivity index (χ1n) is 10.5. The monoisotopic (exact) mass is 429 g/mol. The molecule has 1 saturated heterocycles. The predicted octanol–water partition coefficient (Wildman–Crippen LogP) is 3.10. The van der Waals surface area contributed by atoms with Crippen LogP contribution in [0.4, 0.5) is 4.79 Å². The summed E-state index contributed by atoms with van der Waals surface area (Å²) in [4.78, 5) is 27.1. The molecule has 1 unspecified atom stereocenters. The maximum Gasteiger partial charge on any atom is 0.407 e. The largest absolute Gasteiger partial charge is 0.497 e. The van der Waals surface area contributed by atoms with Crippen molar-refractivity contribution >= 4 is 12.0 Å². The highest BCUT2D eigenvalue weighted by atomic mass is 16.6. The Bertz CT molecular complexity index is 934. The van der Waals surface area contributed by atoms with Crippen LogP contribution in [0.15, 0.2) is 24.3 Å². The molecule has 2 heterocycles. The summed E-state index contributed by atoms with van der Waals surface area (Å²) in [6.45, 7) is 8.23. The number of aromatic nitrogens is 3. The lowest BCUT2D eigenvalue weighted by Gasteiger charge is -2.35. The summed E-state index contributed by atoms with van der Waals surface area (Å²) in [6, 6.07) is 7.31. The minimum Gasteiger partial charge on any atom is -0.497 e. The Morgan fingerprint density at radius 1 is 1.26 bits per heavy atom. The van der Waals surface area contributed by atoms with Crippen molar-refractivity contribution in [2.75, 3.05) is 20.2 Å². The Balaban J connectivity index is 1.74. The number of hydrogen-bond donors (Lipinski definition) is 1. The molecule has 0 radical (unpaired) electrons. The molecule has 0 bridgehead atoms. The van der Waals surface area contributed by atoms with Crippen molar-refractivity contribution in [3.05, 3.63) is 35.7 Å². The van der Waals surface area contributed by atoms with Crippen molar-refractivity contribution in [3.8, 4) is 11.4 Å². The van der Waals surface area contributed by atoms with E-state index in [0.717, 1.165) is 24.9 Å². The molecule has 3 rings (SSSR count). The zero-order valence-corrected chi connectivity index (χ0v) is 18.8. The fourth-order valence-corrected chi connectivity index (χ4v) is 3.65. The number of benzene rings is 1. The average molecular weight is 430 g/mol. The molecule has 1 fully saturated rings. The van der Waals surface area contributed by atoms with Crippen LogP contribution in [0.1, 0.15) is 56.2 Å². The highest BCUT2D eigenvalue weighted by Crippen LogP contribution is 2.22. The Morgan fingerprint density at radius 2 is 2.03 bits per heavy atom. The average Bonchev–Trinajstić information content (AvgIpc) is 3.12. The molecule has 2 aromatic rings. The van der Waals surface area contributed by atoms with Crippen LogP contribution in [0.5, 0.6) is 5.75 Å². The highest BCUT2D eigenvalue weighted by molar-refractivity contribution is 5.93. The van der Waals surface area contributed by atoms with E-state index in [1.54, 1.807) is 16.7 Å². The molecule has 1 aliphatic rings. The lowest BCUT2D eigenvalue weighted by molar-refractivity contribution is 0.0460. The normalized spacial score (nSPS) is 16.7. The first kappa shape index (κ1) is 22.6. The van der Waals surface area contributed by atoms with Gasteiger partial charge in [0.1, 0.15) is 11.4 Å². The van der Waals surface area contributed by atoms with Crippen LogP contribution >= 0.6 is 0 Å². The van der Waals surface area contributed by atoms with E-state index in [-0.39, 0.29) is 11.9 Å². The number of alkyl carbamates (subject to hydrolysis) is 1. The molecule has 1 atom stereocenters. The minimum absolute atomic E-state index is 0.116. The number of methoxy groups -OCH3 is 1. The second kappa shape index (κ2) is 9.36. The number of piperidine rings is 1. The molecule has 1 aliphatic heterocycles. The van der Waals surface area contributed by atoms with E-state index in [9.17, 15) is 9.59 Å². The van der Waals surface area contributed by atoms with E-state index in [2.05, 4.69) is 15.6 Å². The Morgan fingerprint density at radius 3 is 2.74 bits per heavy atom. The molecule has 2 amide bonds. The molecule has 0 spiro atoms. The number of rotatable bonds is 5. The molecule has 168 valence electrons. The second-order valence-electron chi connectivity index (χ2n) is 8.67. The minimum atomic E-state index is -0.568. The van der Waals surface area contributed by atoms with Gasteiger partial charge in [-0.25, -0.2) is 9.48 Å². The van der Waals surface area contributed by atoms with Crippen LogP contribution in [0.3, 0.4) is 0 Å². The third kappa shape index (κ3) is 5.53. The van der Waals surface area contributed by atoms with Crippen molar-refractivity contribution in [1.82, 2.24) is 25.2 Å². The van der Waals surface area contributed by atoms with Crippen LogP contribution < -0.4 is 10.1 Å². The number of likely N-dealkylation sites (tertiary alicyclic amines) is 1. The van der Waals surface area contributed by atoms with E-state index in [0.29, 0.717) is 30.2 Å². The maximum atomic E-state index is 13.3. The van der Waals surface area contributed by atoms with Crippen LogP contribution in [0.2, 0.25) is 0 Å². The van der Waals surface area contributed by atoms with Gasteiger partial charge in [-0.1, -0.05) is 11.3 Å². The number of ether oxygens (including phenoxy) is 2. The Kier molecular flexibility index (Phi) is 6.82. The molecule has 0 saturated carbocycles. The van der Waals surface area contributed by atoms with Gasteiger partial charge in [-0.05, 0) is 59.1 Å². The second-order valence-corrected chi connectivity index (χ2v) is 8.67. The van der Waals surface area contributed by atoms with Gasteiger partial charge in [0.2, 0.25) is 0 Å². The molecule has 1 N–H and O–H groups in total. The van der Waals surface area contributed by atoms with Crippen molar-refractivity contribution in [2.24, 2.45) is 0 Å². The summed E-state index contributed by atoms with van der Waals surface area (Å²) in [6.07, 6.45) is 2.24. The van der Waals surface area contributed by atoms with Gasteiger partial charge in [0.15, 0.2) is 5.69 Å². The number of nitrogens with zero attached hydrogens (tertiary/aromatic N) is 4. The molecule has 1 aromatic carbocycles. The lowest BCUT2D eigenvalue weighted by atomic mass is 10.0. The smallest absolute Gasteiger partial charge is 0.407 e. The lowest BCUT2D eigenvalue weighted by Crippen LogP contribution is -2.50. The van der Waals surface area contributed by atoms with Crippen LogP contribution in [-0.4, -0.2) is 63.7 Å². The fraction of sp³-hybridized carbons (Fsp3) is 0.545. The van der Waals surface area contributed by atoms with Crippen LogP contribution in [-0.2, 0) is 4.74 Å². The van der Waals surface area contributed by atoms with Gasteiger partial charge >= 0.3 is 6.09 Å². The van der Waals surface area contributed by atoms with E-state index in [1.807, 2.05) is 52.0 Å². The summed E-state index contributed by atoms with van der Waals surface area (Å²) in [5.41, 5.74) is 1.17. The van der Waals surface area contributed by atoms with Crippen molar-refractivity contribution < 1.29 is 19.1 Å². The van der Waals surface area contributed by atoms with Gasteiger partial charge in [-0.2, -0.15) is 0 Å². The highest BCUT2D eigenvalue weighted by Gasteiger charge is 2.31. The summed E-state index contributed by atoms with van der Waals surface area (Å²) in [5, 5.41) is 11.2. The summed E-state index contributed by atoms with van der Waals surface area (Å²) >= 11 is 0. The SMILES string of the molecule is COc1cccc(-n2nnc(C(=O)N3CCCCC3CNC(=O)OC(C)(C)C)c2C)c1. The molecular formula is C22H31N5O4. The number of amides is 2. The first-order valence-corrected chi connectivity index (χ1v) is 10.5. The van der Waals surface area contributed by atoms with E-state index < -0.39 is 11.7 Å². The van der Waals surface area contributed by atoms with Crippen LogP contribution in [0.25, 0.3) is 5.69 Å². The Hall–Kier alpha value is -3.10. The summed E-state index contributed by atoms with van der Waals surface area (Å²) in [5.74, 6) is 0.520. The third-order valence-corrected chi connectivity index (χ3v) is 5.16. The van der Waals surface area contributed by atoms with Crippen LogP contribution in [0, 0.1) is 6.92 Å². The summed E-state index contributed by atoms with van der Waals surface area (Å²) < 4.78 is 12.2. The van der Waals surface area contributed by atoms with E-state index >= 15 is 0 Å². The number of hydrogen-bond acceptors (Lipinski definition) is 6. The molecular weight excluding hydrogens is 398 g/mol. The third-order valence-electron chi connectivity index (χ3n) is 5.16. The maximum absolute atomic E-state index is 13.3. The standard InChI is InChI=1S/C22H31N5O4/c1-15-19(24-25-27(15)16-10-8-11-18(13-16)30-5)20(28)26-12-7-6-9-17(26)14-23-21(29)31-22(2,3)4/h8,10-11,13,17H,6-7,9,12,14H2,1-5H3,(H,23,29). The first-order chi connectivity index (χ1) is 14.7. The van der Waals surface area contributed by atoms with Gasteiger partial charge in [-0.3, -0.25) is 4.79 Å². The van der Waals surface area contributed by atoms with Crippen molar-refractivity contribution in [3.63, 3.8) is 0 Å². The van der Waals surface area contributed by atoms with E-state index in [4.69, 9.17) is 9.47 Å². The molecule has 1 aromatic heterocycles. The zero-order valence-electron chi connectivity index (χ0n) is 18.8. The molecule has 9 nitrogen and oxygen atoms in total. The fourth-order valence-electron chi connectivity index (χ4n) is 3.65. The van der Waals surface area contributed by atoms with Gasteiger partial charge in [0.05, 0.1) is 18.5 Å². The van der Waals surface area contributed by atoms with Gasteiger partial charge < -0.3 is 19.7 Å². The van der Waals surface area contributed by atoms with E-state index in [1.165, 1.54) is 0 Å². The quantitative estimate of drug-likeness (QED) is 0.784. The molecule has 31 heavy (non-hydrogen) atoms. The molecule has 9 heteroatoms. The van der Waals surface area contributed by atoms with Gasteiger partial charge in [-0.15, -0.1) is 5.10 Å². The molecule has 0 aliphatic carbocycles. The zero-order chi connectivity index (χ0) is 22.6. The van der Waals surface area contributed by atoms with Gasteiger partial charge in [0.25, 0.3) is 5.91 Å². The Labute approximate surface area is 182 Å². The van der Waals surface area contributed by atoms with Crippen molar-refractivity contribution in [2.45, 2.75) is 58.6 Å². The van der Waals surface area contributed by atoms with Gasteiger partial charge in [0, 0.05) is 25.2 Å². The van der Waals surface area contributed by atoms with Crippen molar-refractivity contribution in [1.29, 1.82) is 0 Å². The predicted molar refractivity (Wildman–Crippen MR) is 116 cm³/mol. The number of carbonyl (C=O) groups is 2. The number of nitrogens with one attached hydrogen (secondary N) is 1. The number of carbonyl (C=O) groups excluding carboxylic acids is 2.